The van der Waals surface area contributed by atoms with Crippen molar-refractivity contribution in [1.82, 2.24) is 20.7 Å². The van der Waals surface area contributed by atoms with Crippen LogP contribution in [-0.4, -0.2) is 52.4 Å². The number of rotatable bonds is 6. The maximum atomic E-state index is 13.0. The summed E-state index contributed by atoms with van der Waals surface area (Å²) in [7, 11) is 0. The maximum Gasteiger partial charge on any atom is 0.344 e. The smallest absolute Gasteiger partial charge is 0.324 e. The van der Waals surface area contributed by atoms with E-state index in [1.54, 1.807) is 11.8 Å². The van der Waals surface area contributed by atoms with Crippen LogP contribution >= 0.6 is 0 Å². The molecule has 2 aromatic carbocycles. The number of anilines is 1. The highest BCUT2D eigenvalue weighted by atomic mass is 16.2. The number of hydrogen-bond donors (Lipinski definition) is 3. The van der Waals surface area contributed by atoms with Crippen molar-refractivity contribution in [3.8, 4) is 0 Å². The molecular weight excluding hydrogens is 434 g/mol. The number of urea groups is 2. The summed E-state index contributed by atoms with van der Waals surface area (Å²) in [6.45, 7) is 2.49. The van der Waals surface area contributed by atoms with Gasteiger partial charge in [0.05, 0.1) is 0 Å². The van der Waals surface area contributed by atoms with Crippen LogP contribution in [0.5, 0.6) is 0 Å². The molecule has 0 saturated carbocycles. The van der Waals surface area contributed by atoms with Gasteiger partial charge in [0.25, 0.3) is 5.91 Å². The molecule has 2 aromatic rings. The molecule has 2 aliphatic heterocycles. The first-order valence-electron chi connectivity index (χ1n) is 11.5. The monoisotopic (exact) mass is 463 g/mol. The van der Waals surface area contributed by atoms with Crippen LogP contribution in [0.3, 0.4) is 0 Å². The second-order valence-electron chi connectivity index (χ2n) is 8.92. The van der Waals surface area contributed by atoms with Gasteiger partial charge in [0.15, 0.2) is 0 Å². The second kappa shape index (κ2) is 9.94. The lowest BCUT2D eigenvalue weighted by Gasteiger charge is -2.32. The van der Waals surface area contributed by atoms with Crippen LogP contribution in [-0.2, 0) is 16.0 Å². The minimum Gasteiger partial charge on any atom is -0.324 e. The minimum absolute atomic E-state index is 0.215. The lowest BCUT2D eigenvalue weighted by molar-refractivity contribution is -0.141. The maximum absolute atomic E-state index is 13.0. The molecule has 0 aromatic heterocycles. The van der Waals surface area contributed by atoms with Gasteiger partial charge >= 0.3 is 12.1 Å². The molecule has 3 N–H and O–H groups in total. The van der Waals surface area contributed by atoms with Crippen molar-refractivity contribution in [1.29, 1.82) is 0 Å². The average Bonchev–Trinajstić information content (AvgIpc) is 3.07. The van der Waals surface area contributed by atoms with Crippen LogP contribution in [0, 0.1) is 5.92 Å². The van der Waals surface area contributed by atoms with Gasteiger partial charge in [-0.3, -0.25) is 15.0 Å². The molecule has 0 bridgehead atoms. The Morgan fingerprint density at radius 3 is 2.26 bits per heavy atom. The van der Waals surface area contributed by atoms with Crippen LogP contribution in [0.15, 0.2) is 60.7 Å². The van der Waals surface area contributed by atoms with Gasteiger partial charge in [-0.1, -0.05) is 48.5 Å². The minimum atomic E-state index is -1.08. The number of imide groups is 1. The summed E-state index contributed by atoms with van der Waals surface area (Å²) in [4.78, 5) is 52.3. The molecule has 4 rings (SSSR count). The molecule has 2 aliphatic rings. The Morgan fingerprint density at radius 1 is 1.00 bits per heavy atom. The summed E-state index contributed by atoms with van der Waals surface area (Å²) in [5, 5.41) is 6.35. The van der Waals surface area contributed by atoms with Gasteiger partial charge in [0.2, 0.25) is 5.91 Å². The van der Waals surface area contributed by atoms with E-state index in [9.17, 15) is 19.2 Å². The Bertz CT molecular complexity index is 1050. The lowest BCUT2D eigenvalue weighted by Crippen LogP contribution is -2.52. The number of nitrogens with one attached hydrogen (secondary N) is 3. The van der Waals surface area contributed by atoms with E-state index >= 15 is 0 Å². The predicted molar refractivity (Wildman–Crippen MR) is 126 cm³/mol. The van der Waals surface area contributed by atoms with Crippen molar-refractivity contribution in [2.24, 2.45) is 5.92 Å². The molecule has 9 heteroatoms. The Morgan fingerprint density at radius 2 is 1.62 bits per heavy atom. The summed E-state index contributed by atoms with van der Waals surface area (Å²) in [6, 6.07) is 18.0. The number of nitrogens with zero attached hydrogens (tertiary/aromatic N) is 2. The molecular formula is C25H29N5O4. The number of carbonyl (C=O) groups is 4. The van der Waals surface area contributed by atoms with Gasteiger partial charge in [-0.05, 0) is 50.3 Å². The summed E-state index contributed by atoms with van der Waals surface area (Å²) < 4.78 is 0. The van der Waals surface area contributed by atoms with Gasteiger partial charge in [-0.2, -0.15) is 5.01 Å². The fourth-order valence-electron chi connectivity index (χ4n) is 4.26. The topological polar surface area (TPSA) is 111 Å². The molecule has 9 nitrogen and oxygen atoms in total. The zero-order valence-electron chi connectivity index (χ0n) is 19.1. The van der Waals surface area contributed by atoms with E-state index in [4.69, 9.17) is 0 Å². The molecule has 1 atom stereocenters. The third-order valence-corrected chi connectivity index (χ3v) is 6.42. The molecule has 0 unspecified atom stereocenters. The fraction of sp³-hybridized carbons (Fsp3) is 0.360. The van der Waals surface area contributed by atoms with E-state index in [0.29, 0.717) is 44.5 Å². The summed E-state index contributed by atoms with van der Waals surface area (Å²) in [5.41, 5.74) is 3.19. The number of aryl methyl sites for hydroxylation is 1. The first kappa shape index (κ1) is 23.3. The van der Waals surface area contributed by atoms with Crippen molar-refractivity contribution < 1.29 is 19.2 Å². The van der Waals surface area contributed by atoms with E-state index in [0.717, 1.165) is 10.6 Å². The van der Waals surface area contributed by atoms with Crippen LogP contribution < -0.4 is 16.1 Å². The molecule has 2 heterocycles. The first-order valence-corrected chi connectivity index (χ1v) is 11.5. The quantitative estimate of drug-likeness (QED) is 0.572. The molecule has 0 spiro atoms. The number of benzene rings is 2. The average molecular weight is 464 g/mol. The highest BCUT2D eigenvalue weighted by molar-refractivity contribution is 6.07. The van der Waals surface area contributed by atoms with E-state index in [1.165, 1.54) is 0 Å². The third-order valence-electron chi connectivity index (χ3n) is 6.42. The number of hydrogen-bond acceptors (Lipinski definition) is 4. The van der Waals surface area contributed by atoms with Crippen LogP contribution in [0.2, 0.25) is 0 Å². The first-order chi connectivity index (χ1) is 16.4. The zero-order valence-corrected chi connectivity index (χ0v) is 19.1. The number of likely N-dealkylation sites (tertiary alicyclic amines) is 1. The second-order valence-corrected chi connectivity index (χ2v) is 8.92. The van der Waals surface area contributed by atoms with E-state index in [2.05, 4.69) is 16.1 Å². The van der Waals surface area contributed by atoms with Crippen LogP contribution in [0.4, 0.5) is 15.3 Å². The van der Waals surface area contributed by atoms with Gasteiger partial charge in [0.1, 0.15) is 5.54 Å². The number of para-hydroxylation sites is 1. The summed E-state index contributed by atoms with van der Waals surface area (Å²) in [5.74, 6) is -1.25. The van der Waals surface area contributed by atoms with Gasteiger partial charge in [-0.25, -0.2) is 9.59 Å². The molecule has 34 heavy (non-hydrogen) atoms. The Hall–Kier alpha value is -3.88. The van der Waals surface area contributed by atoms with E-state index < -0.39 is 23.4 Å². The number of hydrazine groups is 1. The standard InChI is InChI=1S/C25H29N5O4/c1-25(15-12-18-8-4-2-5-9-18)22(32)30(24(34)27-25)28-21(31)19-13-16-29(17-14-19)23(33)26-20-10-6-3-7-11-20/h2-11,19H,12-17H2,1H3,(H,26,33)(H,27,34)(H,28,31)/t25-/m0/s1. The van der Waals surface area contributed by atoms with Gasteiger partial charge < -0.3 is 15.5 Å². The molecule has 2 saturated heterocycles. The largest absolute Gasteiger partial charge is 0.344 e. The van der Waals surface area contributed by atoms with Crippen molar-refractivity contribution in [3.05, 3.63) is 66.2 Å². The normalized spacial score (nSPS) is 20.7. The Labute approximate surface area is 198 Å². The molecule has 178 valence electrons. The number of piperidine rings is 1. The van der Waals surface area contributed by atoms with Crippen molar-refractivity contribution in [3.63, 3.8) is 0 Å². The predicted octanol–water partition coefficient (Wildman–Crippen LogP) is 2.91. The van der Waals surface area contributed by atoms with Crippen molar-refractivity contribution in [2.45, 2.75) is 38.1 Å². The molecule has 0 aliphatic carbocycles. The van der Waals surface area contributed by atoms with Crippen molar-refractivity contribution >= 4 is 29.6 Å². The number of carbonyl (C=O) groups excluding carboxylic acids is 4. The summed E-state index contributed by atoms with van der Waals surface area (Å²) >= 11 is 0. The molecule has 2 fully saturated rings. The molecule has 0 radical (unpaired) electrons. The zero-order chi connectivity index (χ0) is 24.1. The highest BCUT2D eigenvalue weighted by Gasteiger charge is 2.48. The van der Waals surface area contributed by atoms with Gasteiger partial charge in [-0.15, -0.1) is 0 Å². The van der Waals surface area contributed by atoms with Crippen LogP contribution in [0.1, 0.15) is 31.7 Å². The highest BCUT2D eigenvalue weighted by Crippen LogP contribution is 2.24. The third kappa shape index (κ3) is 5.19. The molecule has 6 amide bonds. The lowest BCUT2D eigenvalue weighted by atomic mass is 9.93. The Balaban J connectivity index is 1.27. The Kier molecular flexibility index (Phi) is 6.81. The SMILES string of the molecule is C[C@@]1(CCc2ccccc2)NC(=O)N(NC(=O)C2CCN(C(=O)Nc3ccccc3)CC2)C1=O. The van der Waals surface area contributed by atoms with E-state index in [1.807, 2.05) is 60.7 Å². The number of amides is 6. The van der Waals surface area contributed by atoms with Gasteiger partial charge in [0, 0.05) is 24.7 Å². The van der Waals surface area contributed by atoms with Crippen LogP contribution in [0.25, 0.3) is 0 Å². The summed E-state index contributed by atoms with van der Waals surface area (Å²) in [6.07, 6.45) is 1.93. The fourth-order valence-corrected chi connectivity index (χ4v) is 4.26. The van der Waals surface area contributed by atoms with E-state index in [-0.39, 0.29) is 11.9 Å². The van der Waals surface area contributed by atoms with Crippen molar-refractivity contribution in [2.75, 3.05) is 18.4 Å².